The Balaban J connectivity index is 2.17. The van der Waals surface area contributed by atoms with Gasteiger partial charge in [0.25, 0.3) is 0 Å². The minimum Gasteiger partial charge on any atom is -0.507 e. The summed E-state index contributed by atoms with van der Waals surface area (Å²) >= 11 is 0. The number of alkyl halides is 3. The van der Waals surface area contributed by atoms with Crippen molar-refractivity contribution < 1.29 is 18.3 Å². The minimum absolute atomic E-state index is 0.185. The van der Waals surface area contributed by atoms with Gasteiger partial charge in [0.2, 0.25) is 0 Å². The van der Waals surface area contributed by atoms with E-state index in [1.807, 2.05) is 0 Å². The normalized spacial score (nSPS) is 12.0. The molecule has 0 saturated heterocycles. The zero-order valence-corrected chi connectivity index (χ0v) is 10.7. The fourth-order valence-corrected chi connectivity index (χ4v) is 2.09. The number of fused-ring (bicyclic) bond motifs is 1. The molecule has 0 unspecified atom stereocenters. The van der Waals surface area contributed by atoms with Crippen LogP contribution in [0.1, 0.15) is 11.1 Å². The molecule has 5 nitrogen and oxygen atoms in total. The van der Waals surface area contributed by atoms with Gasteiger partial charge in [0, 0.05) is 11.1 Å². The van der Waals surface area contributed by atoms with Crippen LogP contribution in [-0.2, 0) is 6.18 Å². The number of aromatic amines is 1. The fraction of sp³-hybridized carbons (Fsp3) is 0.154. The van der Waals surface area contributed by atoms with Crippen LogP contribution in [-0.4, -0.2) is 25.3 Å². The Hall–Kier alpha value is -2.64. The first-order valence-electron chi connectivity index (χ1n) is 5.95. The van der Waals surface area contributed by atoms with Gasteiger partial charge < -0.3 is 10.1 Å². The first-order chi connectivity index (χ1) is 9.88. The van der Waals surface area contributed by atoms with Crippen LogP contribution >= 0.6 is 0 Å². The van der Waals surface area contributed by atoms with Crippen LogP contribution < -0.4 is 0 Å². The van der Waals surface area contributed by atoms with Crippen LogP contribution in [0.15, 0.2) is 24.5 Å². The van der Waals surface area contributed by atoms with Crippen molar-refractivity contribution in [1.82, 2.24) is 20.2 Å². The largest absolute Gasteiger partial charge is 0.507 e. The van der Waals surface area contributed by atoms with Gasteiger partial charge in [-0.3, -0.25) is 0 Å². The van der Waals surface area contributed by atoms with Gasteiger partial charge >= 0.3 is 6.18 Å². The highest BCUT2D eigenvalue weighted by Gasteiger charge is 2.31. The Bertz CT molecular complexity index is 826. The van der Waals surface area contributed by atoms with Crippen LogP contribution in [0.4, 0.5) is 13.2 Å². The van der Waals surface area contributed by atoms with E-state index in [9.17, 15) is 18.3 Å². The lowest BCUT2D eigenvalue weighted by Crippen LogP contribution is -2.04. The Morgan fingerprint density at radius 2 is 1.95 bits per heavy atom. The topological polar surface area (TPSA) is 74.7 Å². The van der Waals surface area contributed by atoms with E-state index in [1.54, 1.807) is 6.92 Å². The second-order valence-electron chi connectivity index (χ2n) is 4.50. The number of nitrogens with zero attached hydrogens (tertiary/aromatic N) is 3. The van der Waals surface area contributed by atoms with E-state index in [4.69, 9.17) is 0 Å². The maximum Gasteiger partial charge on any atom is 0.416 e. The summed E-state index contributed by atoms with van der Waals surface area (Å²) in [5.74, 6) is -0.499. The van der Waals surface area contributed by atoms with Crippen molar-refractivity contribution >= 4 is 11.2 Å². The number of imidazole rings is 1. The molecule has 108 valence electrons. The molecule has 0 bridgehead atoms. The van der Waals surface area contributed by atoms with Gasteiger partial charge in [0.15, 0.2) is 5.65 Å². The molecule has 0 aliphatic carbocycles. The quantitative estimate of drug-likeness (QED) is 0.723. The number of phenols is 1. The summed E-state index contributed by atoms with van der Waals surface area (Å²) in [6, 6.07) is 2.75. The summed E-state index contributed by atoms with van der Waals surface area (Å²) in [6.07, 6.45) is -3.06. The number of aromatic nitrogens is 4. The molecule has 0 atom stereocenters. The molecule has 21 heavy (non-hydrogen) atoms. The van der Waals surface area contributed by atoms with Gasteiger partial charge in [0.05, 0.1) is 17.4 Å². The van der Waals surface area contributed by atoms with E-state index < -0.39 is 17.5 Å². The van der Waals surface area contributed by atoms with E-state index in [2.05, 4.69) is 20.2 Å². The summed E-state index contributed by atoms with van der Waals surface area (Å²) in [4.78, 5) is 6.82. The number of nitrogens with one attached hydrogen (secondary N) is 1. The number of benzene rings is 1. The number of aryl methyl sites for hydroxylation is 1. The van der Waals surface area contributed by atoms with Crippen LogP contribution in [0.2, 0.25) is 0 Å². The van der Waals surface area contributed by atoms with E-state index >= 15 is 0 Å². The number of aromatic hydroxyl groups is 1. The molecule has 1 aromatic carbocycles. The van der Waals surface area contributed by atoms with Crippen molar-refractivity contribution in [2.45, 2.75) is 13.1 Å². The van der Waals surface area contributed by atoms with Gasteiger partial charge in [0.1, 0.15) is 11.4 Å². The molecule has 0 aliphatic rings. The van der Waals surface area contributed by atoms with Crippen LogP contribution in [0.25, 0.3) is 22.4 Å². The fourth-order valence-electron chi connectivity index (χ4n) is 2.09. The van der Waals surface area contributed by atoms with Crippen LogP contribution in [0.5, 0.6) is 5.75 Å². The monoisotopic (exact) mass is 294 g/mol. The Morgan fingerprint density at radius 1 is 1.19 bits per heavy atom. The summed E-state index contributed by atoms with van der Waals surface area (Å²) < 4.78 is 37.8. The summed E-state index contributed by atoms with van der Waals surface area (Å²) in [5.41, 5.74) is 1.24. The predicted molar refractivity (Wildman–Crippen MR) is 68.5 cm³/mol. The first-order valence-corrected chi connectivity index (χ1v) is 5.95. The molecule has 0 radical (unpaired) electrons. The molecule has 0 fully saturated rings. The van der Waals surface area contributed by atoms with Crippen molar-refractivity contribution in [3.8, 4) is 17.0 Å². The number of rotatable bonds is 1. The molecule has 8 heteroatoms. The number of halogens is 3. The smallest absolute Gasteiger partial charge is 0.416 e. The molecule has 0 aliphatic heterocycles. The molecule has 3 rings (SSSR count). The third-order valence-electron chi connectivity index (χ3n) is 3.17. The highest BCUT2D eigenvalue weighted by molar-refractivity contribution is 5.82. The van der Waals surface area contributed by atoms with E-state index in [0.717, 1.165) is 6.07 Å². The van der Waals surface area contributed by atoms with Crippen molar-refractivity contribution in [3.05, 3.63) is 35.7 Å². The number of hydrogen-bond donors (Lipinski definition) is 2. The lowest BCUT2D eigenvalue weighted by atomic mass is 10.0. The molecular weight excluding hydrogens is 285 g/mol. The van der Waals surface area contributed by atoms with E-state index in [1.165, 1.54) is 12.4 Å². The average Bonchev–Trinajstić information content (AvgIpc) is 2.88. The maximum atomic E-state index is 12.6. The summed E-state index contributed by atoms with van der Waals surface area (Å²) in [5, 5.41) is 17.7. The van der Waals surface area contributed by atoms with E-state index in [0.29, 0.717) is 28.5 Å². The van der Waals surface area contributed by atoms with Crippen molar-refractivity contribution in [2.75, 3.05) is 0 Å². The van der Waals surface area contributed by atoms with Crippen molar-refractivity contribution in [2.24, 2.45) is 0 Å². The maximum absolute atomic E-state index is 12.6. The molecule has 0 amide bonds. The Labute approximate surface area is 116 Å². The zero-order chi connectivity index (χ0) is 15.2. The lowest BCUT2D eigenvalue weighted by molar-refractivity contribution is -0.137. The van der Waals surface area contributed by atoms with Crippen molar-refractivity contribution in [3.63, 3.8) is 0 Å². The summed E-state index contributed by atoms with van der Waals surface area (Å²) in [6.45, 7) is 1.72. The average molecular weight is 294 g/mol. The Kier molecular flexibility index (Phi) is 2.82. The second-order valence-corrected chi connectivity index (χ2v) is 4.50. The molecule has 3 aromatic rings. The SMILES string of the molecule is Cc1c(-c2ccc(C(F)(F)F)cc2O)nnc2nc[nH]c12. The first kappa shape index (κ1) is 13.3. The van der Waals surface area contributed by atoms with Gasteiger partial charge in [-0.15, -0.1) is 10.2 Å². The van der Waals surface area contributed by atoms with Crippen LogP contribution in [0.3, 0.4) is 0 Å². The van der Waals surface area contributed by atoms with Gasteiger partial charge in [-0.2, -0.15) is 13.2 Å². The second kappa shape index (κ2) is 4.44. The van der Waals surface area contributed by atoms with Crippen LogP contribution in [0, 0.1) is 6.92 Å². The zero-order valence-electron chi connectivity index (χ0n) is 10.7. The van der Waals surface area contributed by atoms with Crippen molar-refractivity contribution in [1.29, 1.82) is 0 Å². The molecule has 2 heterocycles. The van der Waals surface area contributed by atoms with Gasteiger partial charge in [-0.1, -0.05) is 0 Å². The van der Waals surface area contributed by atoms with Gasteiger partial charge in [-0.25, -0.2) is 4.98 Å². The number of H-pyrrole nitrogens is 1. The third-order valence-corrected chi connectivity index (χ3v) is 3.17. The predicted octanol–water partition coefficient (Wildman–Crippen LogP) is 3.05. The molecule has 0 spiro atoms. The molecular formula is C13H9F3N4O. The standard InChI is InChI=1S/C13H9F3N4O/c1-6-10(19-20-12-11(6)17-5-18-12)8-3-2-7(4-9(8)21)13(14,15)16/h2-5,21H,1H3,(H,17,18,20). The third kappa shape index (κ3) is 2.18. The molecule has 2 N–H and O–H groups in total. The van der Waals surface area contributed by atoms with Gasteiger partial charge in [-0.05, 0) is 25.1 Å². The Morgan fingerprint density at radius 3 is 2.62 bits per heavy atom. The summed E-state index contributed by atoms with van der Waals surface area (Å²) in [7, 11) is 0. The molecule has 0 saturated carbocycles. The number of hydrogen-bond acceptors (Lipinski definition) is 4. The number of phenolic OH excluding ortho intramolecular Hbond substituents is 1. The minimum atomic E-state index is -4.51. The van der Waals surface area contributed by atoms with E-state index in [-0.39, 0.29) is 5.56 Å². The highest BCUT2D eigenvalue weighted by atomic mass is 19.4. The molecule has 2 aromatic heterocycles. The highest BCUT2D eigenvalue weighted by Crippen LogP contribution is 2.37. The lowest BCUT2D eigenvalue weighted by Gasteiger charge is -2.10.